The summed E-state index contributed by atoms with van der Waals surface area (Å²) in [7, 11) is 0. The van der Waals surface area contributed by atoms with Gasteiger partial charge in [-0.1, -0.05) is 27.2 Å². The molecule has 1 nitrogen and oxygen atoms in total. The van der Waals surface area contributed by atoms with E-state index in [0.717, 1.165) is 42.9 Å². The lowest BCUT2D eigenvalue weighted by molar-refractivity contribution is 0.359. The van der Waals surface area contributed by atoms with E-state index in [-0.39, 0.29) is 5.41 Å². The number of benzene rings is 1. The van der Waals surface area contributed by atoms with E-state index in [1.54, 1.807) is 6.20 Å². The highest BCUT2D eigenvalue weighted by Gasteiger charge is 2.32. The average Bonchev–Trinajstić information content (AvgIpc) is 2.52. The van der Waals surface area contributed by atoms with Gasteiger partial charge in [0.2, 0.25) is 0 Å². The van der Waals surface area contributed by atoms with E-state index >= 15 is 0 Å². The summed E-state index contributed by atoms with van der Waals surface area (Å²) in [5.74, 6) is -1.04. The summed E-state index contributed by atoms with van der Waals surface area (Å²) in [6, 6.07) is 6.21. The third-order valence-electron chi connectivity index (χ3n) is 4.88. The average molecular weight is 317 g/mol. The molecule has 0 aliphatic rings. The Labute approximate surface area is 137 Å². The van der Waals surface area contributed by atoms with Gasteiger partial charge < -0.3 is 0 Å². The van der Waals surface area contributed by atoms with E-state index in [1.165, 1.54) is 6.07 Å². The Morgan fingerprint density at radius 2 is 1.74 bits per heavy atom. The first-order valence-electron chi connectivity index (χ1n) is 8.40. The number of rotatable bonds is 6. The smallest absolute Gasteiger partial charge is 0.135 e. The van der Waals surface area contributed by atoms with Crippen molar-refractivity contribution in [2.24, 2.45) is 0 Å². The molecule has 1 heterocycles. The Balaban J connectivity index is 2.76. The van der Waals surface area contributed by atoms with Gasteiger partial charge in [0.15, 0.2) is 0 Å². The van der Waals surface area contributed by atoms with E-state index in [1.807, 2.05) is 19.1 Å². The molecule has 0 amide bonds. The van der Waals surface area contributed by atoms with Gasteiger partial charge in [-0.15, -0.1) is 0 Å². The number of hydrogen-bond donors (Lipinski definition) is 0. The summed E-state index contributed by atoms with van der Waals surface area (Å²) < 4.78 is 28.7. The molecule has 0 aliphatic heterocycles. The highest BCUT2D eigenvalue weighted by atomic mass is 19.1. The van der Waals surface area contributed by atoms with Crippen molar-refractivity contribution in [1.82, 2.24) is 4.98 Å². The second kappa shape index (κ2) is 7.20. The van der Waals surface area contributed by atoms with Crippen molar-refractivity contribution < 1.29 is 8.78 Å². The van der Waals surface area contributed by atoms with Crippen LogP contribution in [0.1, 0.15) is 57.6 Å². The molecule has 0 saturated heterocycles. The Bertz CT molecular complexity index is 675. The SMILES string of the molecule is CCCC(CC)(CC)c1cc(F)cc(F)c1-c1cc(C)ccn1. The summed E-state index contributed by atoms with van der Waals surface area (Å²) in [5, 5.41) is 0. The molecule has 0 spiro atoms. The minimum absolute atomic E-state index is 0.224. The van der Waals surface area contributed by atoms with Gasteiger partial charge in [0.1, 0.15) is 11.6 Å². The van der Waals surface area contributed by atoms with Crippen LogP contribution in [0.2, 0.25) is 0 Å². The molecular formula is C20H25F2N. The molecule has 124 valence electrons. The maximum Gasteiger partial charge on any atom is 0.135 e. The van der Waals surface area contributed by atoms with Crippen LogP contribution >= 0.6 is 0 Å². The first-order valence-corrected chi connectivity index (χ1v) is 8.40. The van der Waals surface area contributed by atoms with E-state index in [0.29, 0.717) is 11.3 Å². The zero-order valence-electron chi connectivity index (χ0n) is 14.4. The lowest BCUT2D eigenvalue weighted by Gasteiger charge is -2.34. The van der Waals surface area contributed by atoms with Gasteiger partial charge in [0.25, 0.3) is 0 Å². The largest absolute Gasteiger partial charge is 0.256 e. The molecule has 0 aliphatic carbocycles. The minimum Gasteiger partial charge on any atom is -0.256 e. The van der Waals surface area contributed by atoms with Crippen molar-refractivity contribution in [2.45, 2.75) is 58.8 Å². The number of hydrogen-bond acceptors (Lipinski definition) is 1. The summed E-state index contributed by atoms with van der Waals surface area (Å²) >= 11 is 0. The van der Waals surface area contributed by atoms with Crippen LogP contribution in [0.15, 0.2) is 30.5 Å². The third-order valence-corrected chi connectivity index (χ3v) is 4.88. The molecule has 2 rings (SSSR count). The van der Waals surface area contributed by atoms with E-state index in [2.05, 4.69) is 25.8 Å². The maximum atomic E-state index is 14.7. The number of nitrogens with zero attached hydrogens (tertiary/aromatic N) is 1. The van der Waals surface area contributed by atoms with Crippen LogP contribution in [0.5, 0.6) is 0 Å². The molecule has 3 heteroatoms. The standard InChI is InChI=1S/C20H25F2N/c1-5-9-20(6-2,7-3)16-12-15(21)13-17(22)19(16)18-11-14(4)8-10-23-18/h8,10-13H,5-7,9H2,1-4H3. The van der Waals surface area contributed by atoms with Gasteiger partial charge in [-0.3, -0.25) is 4.98 Å². The van der Waals surface area contributed by atoms with Crippen LogP contribution in [0.25, 0.3) is 11.3 Å². The predicted molar refractivity (Wildman–Crippen MR) is 91.5 cm³/mol. The first kappa shape index (κ1) is 17.6. The number of aromatic nitrogens is 1. The number of halogens is 2. The van der Waals surface area contributed by atoms with Gasteiger partial charge in [-0.05, 0) is 60.9 Å². The van der Waals surface area contributed by atoms with Crippen molar-refractivity contribution in [3.63, 3.8) is 0 Å². The molecule has 0 bridgehead atoms. The van der Waals surface area contributed by atoms with Crippen molar-refractivity contribution in [2.75, 3.05) is 0 Å². The molecule has 23 heavy (non-hydrogen) atoms. The van der Waals surface area contributed by atoms with Gasteiger partial charge in [-0.2, -0.15) is 0 Å². The zero-order chi connectivity index (χ0) is 17.0. The second-order valence-corrected chi connectivity index (χ2v) is 6.27. The number of aryl methyl sites for hydroxylation is 1. The molecule has 0 unspecified atom stereocenters. The monoisotopic (exact) mass is 317 g/mol. The number of pyridine rings is 1. The van der Waals surface area contributed by atoms with Crippen molar-refractivity contribution >= 4 is 0 Å². The molecule has 2 aromatic rings. The lowest BCUT2D eigenvalue weighted by atomic mass is 9.70. The highest BCUT2D eigenvalue weighted by molar-refractivity contribution is 5.67. The molecular weight excluding hydrogens is 292 g/mol. The Morgan fingerprint density at radius 3 is 2.30 bits per heavy atom. The van der Waals surface area contributed by atoms with Crippen molar-refractivity contribution in [1.29, 1.82) is 0 Å². The van der Waals surface area contributed by atoms with Crippen molar-refractivity contribution in [3.05, 3.63) is 53.2 Å². The summed E-state index contributed by atoms with van der Waals surface area (Å²) in [6.07, 6.45) is 5.25. The van der Waals surface area contributed by atoms with Gasteiger partial charge in [0.05, 0.1) is 5.69 Å². The van der Waals surface area contributed by atoms with E-state index in [4.69, 9.17) is 0 Å². The van der Waals surface area contributed by atoms with E-state index in [9.17, 15) is 8.78 Å². The summed E-state index contributed by atoms with van der Waals surface area (Å²) in [5.41, 5.74) is 2.57. The van der Waals surface area contributed by atoms with Gasteiger partial charge >= 0.3 is 0 Å². The third kappa shape index (κ3) is 3.44. The normalized spacial score (nSPS) is 11.7. The first-order chi connectivity index (χ1) is 11.0. The quantitative estimate of drug-likeness (QED) is 0.618. The fourth-order valence-corrected chi connectivity index (χ4v) is 3.52. The maximum absolute atomic E-state index is 14.7. The van der Waals surface area contributed by atoms with Crippen molar-refractivity contribution in [3.8, 4) is 11.3 Å². The fourth-order valence-electron chi connectivity index (χ4n) is 3.52. The van der Waals surface area contributed by atoms with Gasteiger partial charge in [-0.25, -0.2) is 8.78 Å². The van der Waals surface area contributed by atoms with Crippen LogP contribution < -0.4 is 0 Å². The highest BCUT2D eigenvalue weighted by Crippen LogP contribution is 2.42. The van der Waals surface area contributed by atoms with Crippen LogP contribution in [-0.4, -0.2) is 4.98 Å². The minimum atomic E-state index is -0.527. The molecule has 1 aromatic heterocycles. The van der Waals surface area contributed by atoms with Crippen LogP contribution in [-0.2, 0) is 5.41 Å². The molecule has 0 N–H and O–H groups in total. The summed E-state index contributed by atoms with van der Waals surface area (Å²) in [4.78, 5) is 4.34. The van der Waals surface area contributed by atoms with Gasteiger partial charge in [0, 0.05) is 17.8 Å². The Morgan fingerprint density at radius 1 is 1.04 bits per heavy atom. The van der Waals surface area contributed by atoms with Crippen LogP contribution in [0.3, 0.4) is 0 Å². The Hall–Kier alpha value is -1.77. The Kier molecular flexibility index (Phi) is 5.51. The molecule has 1 aromatic carbocycles. The predicted octanol–water partition coefficient (Wildman–Crippen LogP) is 6.19. The zero-order valence-corrected chi connectivity index (χ0v) is 14.4. The fraction of sp³-hybridized carbons (Fsp3) is 0.450. The molecule has 0 fully saturated rings. The van der Waals surface area contributed by atoms with Crippen LogP contribution in [0, 0.1) is 18.6 Å². The lowest BCUT2D eigenvalue weighted by Crippen LogP contribution is -2.26. The summed E-state index contributed by atoms with van der Waals surface area (Å²) in [6.45, 7) is 8.25. The topological polar surface area (TPSA) is 12.9 Å². The molecule has 0 atom stereocenters. The van der Waals surface area contributed by atoms with Crippen LogP contribution in [0.4, 0.5) is 8.78 Å². The molecule has 0 saturated carbocycles. The second-order valence-electron chi connectivity index (χ2n) is 6.27. The molecule has 0 radical (unpaired) electrons. The van der Waals surface area contributed by atoms with E-state index < -0.39 is 11.6 Å².